The van der Waals surface area contributed by atoms with Crippen molar-refractivity contribution in [2.24, 2.45) is 0 Å². The Balaban J connectivity index is 1.27. The van der Waals surface area contributed by atoms with Crippen molar-refractivity contribution in [3.8, 4) is 0 Å². The second-order valence-electron chi connectivity index (χ2n) is 8.84. The van der Waals surface area contributed by atoms with E-state index in [0.717, 1.165) is 37.4 Å². The quantitative estimate of drug-likeness (QED) is 0.705. The van der Waals surface area contributed by atoms with Crippen molar-refractivity contribution in [1.82, 2.24) is 9.80 Å². The van der Waals surface area contributed by atoms with Crippen LogP contribution in [0, 0.1) is 0 Å². The lowest BCUT2D eigenvalue weighted by molar-refractivity contribution is 0.0523. The topological polar surface area (TPSA) is 43.9 Å². The summed E-state index contributed by atoms with van der Waals surface area (Å²) in [5.74, 6) is -0.0568. The first-order valence-electron chi connectivity index (χ1n) is 11.3. The molecule has 162 valence electrons. The molecule has 2 aromatic carbocycles. The number of hydrogen-bond donors (Lipinski definition) is 0. The SMILES string of the molecule is O=C(c1cccc(N2Cc3cccc(Cl)c3C2=O)c1)N1CCN(C2CCCCC2)CC1. The highest BCUT2D eigenvalue weighted by Gasteiger charge is 2.31. The number of carbonyl (C=O) groups is 2. The number of amides is 2. The zero-order valence-electron chi connectivity index (χ0n) is 17.7. The fourth-order valence-electron chi connectivity index (χ4n) is 5.25. The molecule has 1 saturated carbocycles. The molecule has 0 radical (unpaired) electrons. The van der Waals surface area contributed by atoms with Gasteiger partial charge < -0.3 is 9.80 Å². The van der Waals surface area contributed by atoms with E-state index in [-0.39, 0.29) is 11.8 Å². The molecule has 2 aliphatic heterocycles. The lowest BCUT2D eigenvalue weighted by Crippen LogP contribution is -2.52. The Morgan fingerprint density at radius 2 is 1.68 bits per heavy atom. The summed E-state index contributed by atoms with van der Waals surface area (Å²) in [6, 6.07) is 13.7. The summed E-state index contributed by atoms with van der Waals surface area (Å²) in [4.78, 5) is 32.3. The van der Waals surface area contributed by atoms with Gasteiger partial charge in [-0.05, 0) is 42.7 Å². The molecule has 0 N–H and O–H groups in total. The van der Waals surface area contributed by atoms with Gasteiger partial charge >= 0.3 is 0 Å². The van der Waals surface area contributed by atoms with Gasteiger partial charge in [-0.3, -0.25) is 14.5 Å². The van der Waals surface area contributed by atoms with E-state index in [1.165, 1.54) is 32.1 Å². The molecule has 2 amide bonds. The van der Waals surface area contributed by atoms with E-state index < -0.39 is 0 Å². The molecule has 0 aromatic heterocycles. The Bertz CT molecular complexity index is 994. The smallest absolute Gasteiger partial charge is 0.260 e. The Morgan fingerprint density at radius 3 is 2.42 bits per heavy atom. The van der Waals surface area contributed by atoms with E-state index >= 15 is 0 Å². The maximum atomic E-state index is 13.2. The van der Waals surface area contributed by atoms with Crippen molar-refractivity contribution in [1.29, 1.82) is 0 Å². The third kappa shape index (κ3) is 3.97. The maximum absolute atomic E-state index is 13.2. The van der Waals surface area contributed by atoms with Crippen LogP contribution in [0.25, 0.3) is 0 Å². The van der Waals surface area contributed by atoms with E-state index in [4.69, 9.17) is 11.6 Å². The van der Waals surface area contributed by atoms with Crippen LogP contribution >= 0.6 is 11.6 Å². The highest BCUT2D eigenvalue weighted by atomic mass is 35.5. The molecule has 0 spiro atoms. The van der Waals surface area contributed by atoms with E-state index in [9.17, 15) is 9.59 Å². The summed E-state index contributed by atoms with van der Waals surface area (Å²) >= 11 is 6.26. The first-order valence-corrected chi connectivity index (χ1v) is 11.7. The molecular formula is C25H28ClN3O2. The van der Waals surface area contributed by atoms with Crippen molar-refractivity contribution < 1.29 is 9.59 Å². The molecule has 0 atom stereocenters. The van der Waals surface area contributed by atoms with Gasteiger partial charge in [-0.25, -0.2) is 0 Å². The number of rotatable bonds is 3. The average Bonchev–Trinajstić information content (AvgIpc) is 3.17. The average molecular weight is 438 g/mol. The molecular weight excluding hydrogens is 410 g/mol. The number of hydrogen-bond acceptors (Lipinski definition) is 3. The van der Waals surface area contributed by atoms with Gasteiger partial charge in [-0.1, -0.05) is 49.1 Å². The van der Waals surface area contributed by atoms with Gasteiger partial charge in [0.25, 0.3) is 11.8 Å². The number of piperazine rings is 1. The molecule has 1 aliphatic carbocycles. The fraction of sp³-hybridized carbons (Fsp3) is 0.440. The minimum Gasteiger partial charge on any atom is -0.336 e. The minimum atomic E-state index is -0.105. The zero-order chi connectivity index (χ0) is 21.4. The molecule has 0 bridgehead atoms. The van der Waals surface area contributed by atoms with Crippen LogP contribution in [0.5, 0.6) is 0 Å². The number of nitrogens with zero attached hydrogens (tertiary/aromatic N) is 3. The normalized spacial score (nSPS) is 20.2. The monoisotopic (exact) mass is 437 g/mol. The molecule has 2 heterocycles. The van der Waals surface area contributed by atoms with Crippen LogP contribution in [0.3, 0.4) is 0 Å². The zero-order valence-corrected chi connectivity index (χ0v) is 18.5. The first-order chi connectivity index (χ1) is 15.1. The van der Waals surface area contributed by atoms with Crippen LogP contribution in [-0.2, 0) is 6.54 Å². The molecule has 2 aromatic rings. The van der Waals surface area contributed by atoms with Crippen molar-refractivity contribution in [2.45, 2.75) is 44.7 Å². The van der Waals surface area contributed by atoms with Gasteiger partial charge in [0.05, 0.1) is 17.1 Å². The summed E-state index contributed by atoms with van der Waals surface area (Å²) in [5.41, 5.74) is 2.87. The van der Waals surface area contributed by atoms with Crippen LogP contribution in [0.15, 0.2) is 42.5 Å². The summed E-state index contributed by atoms with van der Waals surface area (Å²) in [6.45, 7) is 3.92. The highest BCUT2D eigenvalue weighted by molar-refractivity contribution is 6.35. The lowest BCUT2D eigenvalue weighted by atomic mass is 9.94. The molecule has 3 aliphatic rings. The number of anilines is 1. The van der Waals surface area contributed by atoms with Crippen LogP contribution < -0.4 is 4.90 Å². The molecule has 5 rings (SSSR count). The standard InChI is InChI=1S/C25H28ClN3O2/c26-22-11-5-7-19-17-29(25(31)23(19)22)21-10-4-6-18(16-21)24(30)28-14-12-27(13-15-28)20-8-2-1-3-9-20/h4-7,10-11,16,20H,1-3,8-9,12-15,17H2. The predicted octanol–water partition coefficient (Wildman–Crippen LogP) is 4.59. The third-order valence-corrected chi connectivity index (χ3v) is 7.30. The number of carbonyl (C=O) groups excluding carboxylic acids is 2. The molecule has 0 unspecified atom stereocenters. The number of fused-ring (bicyclic) bond motifs is 1. The maximum Gasteiger partial charge on any atom is 0.260 e. The summed E-state index contributed by atoms with van der Waals surface area (Å²) in [7, 11) is 0. The minimum absolute atomic E-state index is 0.0485. The molecule has 1 saturated heterocycles. The number of benzene rings is 2. The molecule has 2 fully saturated rings. The second kappa shape index (κ2) is 8.64. The van der Waals surface area contributed by atoms with Gasteiger partial charge in [-0.15, -0.1) is 0 Å². The lowest BCUT2D eigenvalue weighted by Gasteiger charge is -2.40. The Labute approximate surface area is 188 Å². The Hall–Kier alpha value is -2.37. The van der Waals surface area contributed by atoms with Crippen LogP contribution in [-0.4, -0.2) is 53.8 Å². The molecule has 5 nitrogen and oxygen atoms in total. The van der Waals surface area contributed by atoms with Crippen molar-refractivity contribution in [2.75, 3.05) is 31.1 Å². The molecule has 6 heteroatoms. The van der Waals surface area contributed by atoms with Crippen LogP contribution in [0.2, 0.25) is 5.02 Å². The van der Waals surface area contributed by atoms with Gasteiger partial charge in [0.1, 0.15) is 0 Å². The van der Waals surface area contributed by atoms with Crippen molar-refractivity contribution in [3.63, 3.8) is 0 Å². The Morgan fingerprint density at radius 1 is 0.935 bits per heavy atom. The number of halogens is 1. The predicted molar refractivity (Wildman–Crippen MR) is 123 cm³/mol. The first kappa shape index (κ1) is 20.5. The van der Waals surface area contributed by atoms with Gasteiger partial charge in [-0.2, -0.15) is 0 Å². The van der Waals surface area contributed by atoms with Crippen molar-refractivity contribution in [3.05, 3.63) is 64.2 Å². The van der Waals surface area contributed by atoms with Gasteiger partial charge in [0.15, 0.2) is 0 Å². The summed E-state index contributed by atoms with van der Waals surface area (Å²) < 4.78 is 0. The third-order valence-electron chi connectivity index (χ3n) is 6.98. The molecule has 31 heavy (non-hydrogen) atoms. The van der Waals surface area contributed by atoms with E-state index in [1.807, 2.05) is 41.3 Å². The van der Waals surface area contributed by atoms with E-state index in [0.29, 0.717) is 28.7 Å². The summed E-state index contributed by atoms with van der Waals surface area (Å²) in [6.07, 6.45) is 6.63. The van der Waals surface area contributed by atoms with E-state index in [1.54, 1.807) is 11.0 Å². The van der Waals surface area contributed by atoms with Crippen LogP contribution in [0.1, 0.15) is 58.4 Å². The van der Waals surface area contributed by atoms with Crippen LogP contribution in [0.4, 0.5) is 5.69 Å². The second-order valence-corrected chi connectivity index (χ2v) is 9.24. The van der Waals surface area contributed by atoms with Gasteiger partial charge in [0.2, 0.25) is 0 Å². The largest absolute Gasteiger partial charge is 0.336 e. The summed E-state index contributed by atoms with van der Waals surface area (Å²) in [5, 5.41) is 0.480. The van der Waals surface area contributed by atoms with Crippen molar-refractivity contribution >= 4 is 29.1 Å². The van der Waals surface area contributed by atoms with E-state index in [2.05, 4.69) is 4.90 Å². The van der Waals surface area contributed by atoms with Gasteiger partial charge in [0, 0.05) is 43.5 Å². The fourth-order valence-corrected chi connectivity index (χ4v) is 5.53. The highest BCUT2D eigenvalue weighted by Crippen LogP contribution is 2.33. The Kier molecular flexibility index (Phi) is 5.72.